The summed E-state index contributed by atoms with van der Waals surface area (Å²) >= 11 is 11.9. The first-order valence-electron chi connectivity index (χ1n) is 19.0. The van der Waals surface area contributed by atoms with Crippen LogP contribution in [0.15, 0.2) is 168 Å². The number of pyridine rings is 2. The highest BCUT2D eigenvalue weighted by Crippen LogP contribution is 2.36. The number of carbonyl (C=O) groups excluding carboxylic acids is 1. The van der Waals surface area contributed by atoms with Crippen molar-refractivity contribution in [2.24, 2.45) is 0 Å². The molecule has 0 unspecified atom stereocenters. The Morgan fingerprint density at radius 3 is 1.25 bits per heavy atom. The minimum Gasteiger partial charge on any atom is -0.288 e. The molecule has 0 saturated heterocycles. The lowest BCUT2D eigenvalue weighted by Crippen LogP contribution is -2.26. The molecular formula is C47H36Cl2N4O5S2. The maximum absolute atomic E-state index is 14.8. The van der Waals surface area contributed by atoms with Gasteiger partial charge < -0.3 is 0 Å². The predicted molar refractivity (Wildman–Crippen MR) is 238 cm³/mol. The Kier molecular flexibility index (Phi) is 11.9. The molecule has 0 aliphatic rings. The zero-order chi connectivity index (χ0) is 41.9. The second kappa shape index (κ2) is 17.4. The van der Waals surface area contributed by atoms with Gasteiger partial charge in [-0.2, -0.15) is 0 Å². The highest BCUT2D eigenvalue weighted by molar-refractivity contribution is 7.89. The van der Waals surface area contributed by atoms with E-state index in [0.29, 0.717) is 45.4 Å². The summed E-state index contributed by atoms with van der Waals surface area (Å²) in [6.45, 7) is 0.342. The summed E-state index contributed by atoms with van der Waals surface area (Å²) in [4.78, 5) is 24.5. The van der Waals surface area contributed by atoms with Crippen LogP contribution in [-0.2, 0) is 32.9 Å². The Hall–Kier alpha value is -5.79. The SMILES string of the molecule is O=C(c1cccnc1-c1ccc(CCNS(=O)(=O)c2ccc(Cl)cc2)c2ccccc12)c1cccnc1-c1ccc(CCNS(=O)(=O)c2ccc(Cl)cc2)c2ccccc12. The van der Waals surface area contributed by atoms with Crippen LogP contribution in [-0.4, -0.2) is 45.7 Å². The van der Waals surface area contributed by atoms with Crippen LogP contribution in [0.3, 0.4) is 0 Å². The monoisotopic (exact) mass is 870 g/mol. The van der Waals surface area contributed by atoms with Crippen molar-refractivity contribution in [3.63, 3.8) is 0 Å². The van der Waals surface area contributed by atoms with Gasteiger partial charge in [0.05, 0.1) is 21.2 Å². The number of sulfonamides is 2. The largest absolute Gasteiger partial charge is 0.288 e. The number of aromatic nitrogens is 2. The highest BCUT2D eigenvalue weighted by Gasteiger charge is 2.23. The number of nitrogens with one attached hydrogen (secondary N) is 2. The summed E-state index contributed by atoms with van der Waals surface area (Å²) in [5, 5.41) is 4.47. The minimum absolute atomic E-state index is 0.135. The first kappa shape index (κ1) is 41.0. The van der Waals surface area contributed by atoms with Gasteiger partial charge in [0.2, 0.25) is 20.0 Å². The number of hydrogen-bond acceptors (Lipinski definition) is 7. The van der Waals surface area contributed by atoms with E-state index in [0.717, 1.165) is 43.8 Å². The molecule has 300 valence electrons. The van der Waals surface area contributed by atoms with Gasteiger partial charge >= 0.3 is 0 Å². The Morgan fingerprint density at radius 2 is 0.850 bits per heavy atom. The quantitative estimate of drug-likeness (QED) is 0.104. The topological polar surface area (TPSA) is 135 Å². The zero-order valence-corrected chi connectivity index (χ0v) is 35.0. The van der Waals surface area contributed by atoms with E-state index in [2.05, 4.69) is 9.44 Å². The van der Waals surface area contributed by atoms with E-state index in [9.17, 15) is 21.6 Å². The second-order valence-corrected chi connectivity index (χ2v) is 18.4. The first-order valence-corrected chi connectivity index (χ1v) is 22.7. The first-order chi connectivity index (χ1) is 29.0. The number of halogens is 2. The molecule has 6 aromatic carbocycles. The molecule has 0 saturated carbocycles. The molecule has 13 heteroatoms. The molecule has 0 aliphatic carbocycles. The van der Waals surface area contributed by atoms with Crippen molar-refractivity contribution < 1.29 is 21.6 Å². The molecule has 0 fully saturated rings. The molecule has 8 aromatic rings. The summed E-state index contributed by atoms with van der Waals surface area (Å²) in [5.41, 5.74) is 5.18. The van der Waals surface area contributed by atoms with Gasteiger partial charge in [-0.3, -0.25) is 14.8 Å². The summed E-state index contributed by atoms with van der Waals surface area (Å²) in [5.74, 6) is -0.254. The Bertz CT molecular complexity index is 2920. The van der Waals surface area contributed by atoms with Gasteiger partial charge in [-0.15, -0.1) is 0 Å². The summed E-state index contributed by atoms with van der Waals surface area (Å²) in [6.07, 6.45) is 4.16. The van der Waals surface area contributed by atoms with E-state index < -0.39 is 20.0 Å². The average molecular weight is 872 g/mol. The third-order valence-electron chi connectivity index (χ3n) is 10.3. The van der Waals surface area contributed by atoms with Gasteiger partial charge in [0.15, 0.2) is 5.78 Å². The maximum atomic E-state index is 14.8. The van der Waals surface area contributed by atoms with Crippen LogP contribution in [0.1, 0.15) is 27.0 Å². The minimum atomic E-state index is -3.74. The molecule has 60 heavy (non-hydrogen) atoms. The second-order valence-electron chi connectivity index (χ2n) is 14.0. The Labute approximate surface area is 358 Å². The van der Waals surface area contributed by atoms with E-state index in [1.165, 1.54) is 48.5 Å². The van der Waals surface area contributed by atoms with Crippen molar-refractivity contribution in [1.82, 2.24) is 19.4 Å². The number of rotatable bonds is 14. The summed E-state index contributed by atoms with van der Waals surface area (Å²) in [6, 6.07) is 42.4. The third-order valence-corrected chi connectivity index (χ3v) is 13.7. The van der Waals surface area contributed by atoms with Gasteiger partial charge in [0.1, 0.15) is 0 Å². The van der Waals surface area contributed by atoms with Crippen molar-refractivity contribution >= 4 is 70.6 Å². The zero-order valence-electron chi connectivity index (χ0n) is 31.8. The average Bonchev–Trinajstić information content (AvgIpc) is 3.26. The lowest BCUT2D eigenvalue weighted by atomic mass is 9.90. The van der Waals surface area contributed by atoms with Gasteiger partial charge in [0, 0.05) is 57.8 Å². The number of nitrogens with zero attached hydrogens (tertiary/aromatic N) is 2. The molecule has 9 nitrogen and oxygen atoms in total. The van der Waals surface area contributed by atoms with Gasteiger partial charge in [0.25, 0.3) is 0 Å². The molecule has 0 amide bonds. The van der Waals surface area contributed by atoms with E-state index in [4.69, 9.17) is 33.2 Å². The van der Waals surface area contributed by atoms with E-state index >= 15 is 0 Å². The Morgan fingerprint density at radius 1 is 0.467 bits per heavy atom. The predicted octanol–water partition coefficient (Wildman–Crippen LogP) is 9.70. The van der Waals surface area contributed by atoms with Crippen LogP contribution in [0.25, 0.3) is 44.1 Å². The molecule has 2 N–H and O–H groups in total. The molecule has 2 aromatic heterocycles. The van der Waals surface area contributed by atoms with Crippen molar-refractivity contribution in [3.05, 3.63) is 190 Å². The number of carbonyl (C=O) groups is 1. The van der Waals surface area contributed by atoms with Crippen LogP contribution in [0.5, 0.6) is 0 Å². The maximum Gasteiger partial charge on any atom is 0.240 e. The molecule has 0 bridgehead atoms. The van der Waals surface area contributed by atoms with E-state index in [-0.39, 0.29) is 28.7 Å². The van der Waals surface area contributed by atoms with Crippen LogP contribution in [0.2, 0.25) is 10.0 Å². The molecule has 0 radical (unpaired) electrons. The normalized spacial score (nSPS) is 11.9. The molecule has 8 rings (SSSR count). The van der Waals surface area contributed by atoms with Crippen molar-refractivity contribution in [1.29, 1.82) is 0 Å². The van der Waals surface area contributed by atoms with Crippen LogP contribution in [0.4, 0.5) is 0 Å². The van der Waals surface area contributed by atoms with E-state index in [1.54, 1.807) is 36.7 Å². The summed E-state index contributed by atoms with van der Waals surface area (Å²) in [7, 11) is -7.47. The number of benzene rings is 6. The number of hydrogen-bond donors (Lipinski definition) is 2. The summed E-state index contributed by atoms with van der Waals surface area (Å²) < 4.78 is 57.1. The fourth-order valence-electron chi connectivity index (χ4n) is 7.36. The highest BCUT2D eigenvalue weighted by atomic mass is 35.5. The molecule has 2 heterocycles. The number of ketones is 1. The van der Waals surface area contributed by atoms with Crippen LogP contribution < -0.4 is 9.44 Å². The fourth-order valence-corrected chi connectivity index (χ4v) is 9.67. The van der Waals surface area contributed by atoms with Crippen molar-refractivity contribution in [2.45, 2.75) is 22.6 Å². The van der Waals surface area contributed by atoms with Crippen molar-refractivity contribution in [3.8, 4) is 22.5 Å². The lowest BCUT2D eigenvalue weighted by Gasteiger charge is -2.16. The van der Waals surface area contributed by atoms with Crippen LogP contribution in [0, 0.1) is 0 Å². The Balaban J connectivity index is 1.08. The number of fused-ring (bicyclic) bond motifs is 2. The molecule has 0 atom stereocenters. The fraction of sp³-hybridized carbons (Fsp3) is 0.0851. The molecular weight excluding hydrogens is 836 g/mol. The van der Waals surface area contributed by atoms with Crippen molar-refractivity contribution in [2.75, 3.05) is 13.1 Å². The lowest BCUT2D eigenvalue weighted by molar-refractivity contribution is 0.103. The third kappa shape index (κ3) is 8.60. The molecule has 0 aliphatic heterocycles. The van der Waals surface area contributed by atoms with Gasteiger partial charge in [-0.1, -0.05) is 96.0 Å². The van der Waals surface area contributed by atoms with Gasteiger partial charge in [-0.25, -0.2) is 26.3 Å². The molecule has 0 spiro atoms. The van der Waals surface area contributed by atoms with E-state index in [1.807, 2.05) is 72.8 Å². The standard InChI is InChI=1S/C47H36Cl2N4O5S2/c48-33-15-19-35(20-16-33)59(55,56)52-29-25-31-13-23-41(39-9-3-1-7-37(31)39)45-43(11-5-27-50-45)47(54)44-12-6-28-51-46(44)42-24-14-32(38-8-2-4-10-40(38)42)26-30-53-60(57,58)36-21-17-34(49)18-22-36/h1-24,27-28,52-53H,25-26,29-30H2. The van der Waals surface area contributed by atoms with Gasteiger partial charge in [-0.05, 0) is 118 Å². The van der Waals surface area contributed by atoms with Crippen LogP contribution >= 0.6 is 23.2 Å². The smallest absolute Gasteiger partial charge is 0.240 e.